The van der Waals surface area contributed by atoms with Crippen molar-refractivity contribution < 1.29 is 9.26 Å². The van der Waals surface area contributed by atoms with Gasteiger partial charge in [0.2, 0.25) is 11.7 Å². The second kappa shape index (κ2) is 6.05. The lowest BCUT2D eigenvalue weighted by molar-refractivity contribution is 0.312. The minimum atomic E-state index is -0.238. The van der Waals surface area contributed by atoms with E-state index in [0.717, 1.165) is 23.3 Å². The third-order valence-electron chi connectivity index (χ3n) is 3.58. The first-order valence-electron chi connectivity index (χ1n) is 6.81. The number of benzene rings is 1. The molecule has 5 nitrogen and oxygen atoms in total. The van der Waals surface area contributed by atoms with E-state index in [1.54, 1.807) is 7.11 Å². The van der Waals surface area contributed by atoms with E-state index in [1.165, 1.54) is 0 Å². The summed E-state index contributed by atoms with van der Waals surface area (Å²) in [5.74, 6) is 2.00. The zero-order valence-electron chi connectivity index (χ0n) is 12.4. The monoisotopic (exact) mass is 275 g/mol. The van der Waals surface area contributed by atoms with E-state index in [-0.39, 0.29) is 6.04 Å². The summed E-state index contributed by atoms with van der Waals surface area (Å²) in [7, 11) is 1.63. The second-order valence-corrected chi connectivity index (χ2v) is 5.07. The Balaban J connectivity index is 2.33. The van der Waals surface area contributed by atoms with Crippen LogP contribution in [-0.4, -0.2) is 17.3 Å². The van der Waals surface area contributed by atoms with Gasteiger partial charge in [0.25, 0.3) is 0 Å². The van der Waals surface area contributed by atoms with Crippen LogP contribution in [0.25, 0.3) is 11.4 Å². The van der Waals surface area contributed by atoms with Gasteiger partial charge in [0, 0.05) is 0 Å². The Bertz CT molecular complexity index is 580. The Morgan fingerprint density at radius 1 is 1.40 bits per heavy atom. The first-order chi connectivity index (χ1) is 9.56. The van der Waals surface area contributed by atoms with Crippen molar-refractivity contribution in [2.45, 2.75) is 33.2 Å². The molecule has 0 bridgehead atoms. The Hall–Kier alpha value is -1.88. The van der Waals surface area contributed by atoms with Gasteiger partial charge < -0.3 is 15.0 Å². The molecule has 0 fully saturated rings. The number of hydrogen-bond acceptors (Lipinski definition) is 5. The average molecular weight is 275 g/mol. The van der Waals surface area contributed by atoms with Crippen LogP contribution in [0, 0.1) is 12.8 Å². The van der Waals surface area contributed by atoms with E-state index in [2.05, 4.69) is 24.0 Å². The molecule has 2 aromatic rings. The highest BCUT2D eigenvalue weighted by atomic mass is 16.5. The molecule has 0 radical (unpaired) electrons. The van der Waals surface area contributed by atoms with Gasteiger partial charge in [-0.05, 0) is 30.5 Å². The lowest BCUT2D eigenvalue weighted by Crippen LogP contribution is -2.18. The van der Waals surface area contributed by atoms with Crippen LogP contribution >= 0.6 is 0 Å². The first kappa shape index (κ1) is 14.5. The molecule has 1 heterocycles. The van der Waals surface area contributed by atoms with Crippen LogP contribution in [0.1, 0.15) is 37.8 Å². The van der Waals surface area contributed by atoms with E-state index in [1.807, 2.05) is 25.1 Å². The summed E-state index contributed by atoms with van der Waals surface area (Å²) < 4.78 is 10.7. The average Bonchev–Trinajstić information content (AvgIpc) is 2.94. The van der Waals surface area contributed by atoms with Crippen LogP contribution < -0.4 is 10.5 Å². The molecular weight excluding hydrogens is 254 g/mol. The maximum absolute atomic E-state index is 6.11. The fourth-order valence-electron chi connectivity index (χ4n) is 1.96. The fraction of sp³-hybridized carbons (Fsp3) is 0.467. The van der Waals surface area contributed by atoms with Crippen molar-refractivity contribution in [3.63, 3.8) is 0 Å². The van der Waals surface area contributed by atoms with Crippen LogP contribution in [0.5, 0.6) is 5.75 Å². The number of ether oxygens (including phenoxy) is 1. The molecule has 0 aliphatic heterocycles. The molecule has 1 unspecified atom stereocenters. The molecule has 0 saturated heterocycles. The van der Waals surface area contributed by atoms with Gasteiger partial charge in [-0.25, -0.2) is 0 Å². The zero-order valence-corrected chi connectivity index (χ0v) is 12.4. The lowest BCUT2D eigenvalue weighted by Gasteiger charge is -2.13. The van der Waals surface area contributed by atoms with Crippen molar-refractivity contribution in [1.82, 2.24) is 10.1 Å². The summed E-state index contributed by atoms with van der Waals surface area (Å²) in [5, 5.41) is 4.02. The molecule has 0 spiro atoms. The number of aryl methyl sites for hydroxylation is 1. The van der Waals surface area contributed by atoms with E-state index >= 15 is 0 Å². The van der Waals surface area contributed by atoms with Crippen LogP contribution in [0.3, 0.4) is 0 Å². The molecule has 2 N–H and O–H groups in total. The van der Waals surface area contributed by atoms with Gasteiger partial charge in [-0.3, -0.25) is 0 Å². The van der Waals surface area contributed by atoms with E-state index < -0.39 is 0 Å². The van der Waals surface area contributed by atoms with Crippen LogP contribution in [-0.2, 0) is 0 Å². The highest BCUT2D eigenvalue weighted by Crippen LogP contribution is 2.30. The third kappa shape index (κ3) is 2.82. The molecule has 1 aromatic carbocycles. The van der Waals surface area contributed by atoms with Gasteiger partial charge in [-0.1, -0.05) is 31.5 Å². The number of methoxy groups -OCH3 is 1. The standard InChI is InChI=1S/C15H21N3O2/c1-5-10(3)13(16)15-17-14(18-20-15)11-7-6-9(2)8-12(11)19-4/h6-8,10,13H,5,16H2,1-4H3/t10?,13-/m0/s1. The molecule has 20 heavy (non-hydrogen) atoms. The predicted molar refractivity (Wildman–Crippen MR) is 77.4 cm³/mol. The lowest BCUT2D eigenvalue weighted by atomic mass is 10.0. The van der Waals surface area contributed by atoms with Crippen molar-refractivity contribution in [1.29, 1.82) is 0 Å². The van der Waals surface area contributed by atoms with E-state index in [4.69, 9.17) is 15.0 Å². The number of nitrogens with two attached hydrogens (primary N) is 1. The molecule has 0 saturated carbocycles. The molecule has 0 aliphatic carbocycles. The summed E-state index contributed by atoms with van der Waals surface area (Å²) in [6.07, 6.45) is 0.965. The predicted octanol–water partition coefficient (Wildman–Crippen LogP) is 3.10. The molecule has 1 aromatic heterocycles. The Labute approximate surface area is 119 Å². The highest BCUT2D eigenvalue weighted by Gasteiger charge is 2.21. The second-order valence-electron chi connectivity index (χ2n) is 5.07. The Morgan fingerprint density at radius 3 is 2.80 bits per heavy atom. The molecular formula is C15H21N3O2. The molecule has 2 atom stereocenters. The van der Waals surface area contributed by atoms with E-state index in [9.17, 15) is 0 Å². The summed E-state index contributed by atoms with van der Waals surface area (Å²) in [6.45, 7) is 6.17. The largest absolute Gasteiger partial charge is 0.496 e. The number of hydrogen-bond donors (Lipinski definition) is 1. The molecule has 0 amide bonds. The van der Waals surface area contributed by atoms with Gasteiger partial charge in [0.1, 0.15) is 5.75 Å². The van der Waals surface area contributed by atoms with Gasteiger partial charge in [0.15, 0.2) is 0 Å². The molecule has 5 heteroatoms. The Kier molecular flexibility index (Phi) is 4.39. The minimum Gasteiger partial charge on any atom is -0.496 e. The third-order valence-corrected chi connectivity index (χ3v) is 3.58. The molecule has 2 rings (SSSR count). The summed E-state index contributed by atoms with van der Waals surface area (Å²) in [4.78, 5) is 4.40. The Morgan fingerprint density at radius 2 is 2.15 bits per heavy atom. The maximum Gasteiger partial charge on any atom is 0.244 e. The van der Waals surface area contributed by atoms with Crippen LogP contribution in [0.15, 0.2) is 22.7 Å². The van der Waals surface area contributed by atoms with Gasteiger partial charge in [-0.15, -0.1) is 0 Å². The molecule has 108 valence electrons. The first-order valence-corrected chi connectivity index (χ1v) is 6.81. The number of nitrogens with zero attached hydrogens (tertiary/aromatic N) is 2. The zero-order chi connectivity index (χ0) is 14.7. The van der Waals surface area contributed by atoms with Crippen molar-refractivity contribution >= 4 is 0 Å². The highest BCUT2D eigenvalue weighted by molar-refractivity contribution is 5.64. The van der Waals surface area contributed by atoms with Gasteiger partial charge >= 0.3 is 0 Å². The number of rotatable bonds is 5. The van der Waals surface area contributed by atoms with Gasteiger partial charge in [-0.2, -0.15) is 4.98 Å². The maximum atomic E-state index is 6.11. The van der Waals surface area contributed by atoms with Gasteiger partial charge in [0.05, 0.1) is 18.7 Å². The van der Waals surface area contributed by atoms with Crippen molar-refractivity contribution in [3.05, 3.63) is 29.7 Å². The summed E-state index contributed by atoms with van der Waals surface area (Å²) in [5.41, 5.74) is 8.03. The SMILES string of the molecule is CCC(C)[C@H](N)c1nc(-c2ccc(C)cc2OC)no1. The fourth-order valence-corrected chi connectivity index (χ4v) is 1.96. The summed E-state index contributed by atoms with van der Waals surface area (Å²) >= 11 is 0. The minimum absolute atomic E-state index is 0.238. The van der Waals surface area contributed by atoms with Crippen molar-refractivity contribution in [2.24, 2.45) is 11.7 Å². The van der Waals surface area contributed by atoms with Crippen LogP contribution in [0.4, 0.5) is 0 Å². The molecule has 0 aliphatic rings. The van der Waals surface area contributed by atoms with Crippen molar-refractivity contribution in [3.8, 4) is 17.1 Å². The summed E-state index contributed by atoms with van der Waals surface area (Å²) in [6, 6.07) is 5.62. The van der Waals surface area contributed by atoms with E-state index in [0.29, 0.717) is 17.6 Å². The smallest absolute Gasteiger partial charge is 0.244 e. The van der Waals surface area contributed by atoms with Crippen LogP contribution in [0.2, 0.25) is 0 Å². The number of aromatic nitrogens is 2. The normalized spacial score (nSPS) is 14.1. The topological polar surface area (TPSA) is 74.2 Å². The van der Waals surface area contributed by atoms with Crippen molar-refractivity contribution in [2.75, 3.05) is 7.11 Å². The quantitative estimate of drug-likeness (QED) is 0.907.